The molecule has 0 atom stereocenters. The Labute approximate surface area is 174 Å². The van der Waals surface area contributed by atoms with E-state index in [9.17, 15) is 18.4 Å². The Balaban J connectivity index is 1.97. The van der Waals surface area contributed by atoms with Crippen LogP contribution >= 0.6 is 0 Å². The molecule has 3 rings (SSSR count). The molecular formula is C24H23F2NO3. The fourth-order valence-electron chi connectivity index (χ4n) is 3.02. The van der Waals surface area contributed by atoms with E-state index in [0.29, 0.717) is 22.3 Å². The van der Waals surface area contributed by atoms with Crippen molar-refractivity contribution in [2.24, 2.45) is 0 Å². The average molecular weight is 411 g/mol. The first-order chi connectivity index (χ1) is 14.1. The number of halogens is 2. The van der Waals surface area contributed by atoms with E-state index in [4.69, 9.17) is 4.74 Å². The summed E-state index contributed by atoms with van der Waals surface area (Å²) in [6.45, 7) is 5.46. The van der Waals surface area contributed by atoms with E-state index in [1.807, 2.05) is 0 Å². The minimum Gasteiger partial charge on any atom is -0.444 e. The molecule has 0 spiro atoms. The van der Waals surface area contributed by atoms with Gasteiger partial charge < -0.3 is 4.74 Å². The van der Waals surface area contributed by atoms with Gasteiger partial charge in [0, 0.05) is 11.1 Å². The number of rotatable bonds is 2. The Hall–Kier alpha value is -3.28. The molecule has 0 unspecified atom stereocenters. The van der Waals surface area contributed by atoms with E-state index in [2.05, 4.69) is 0 Å². The SMILES string of the molecule is CC(C)(C)OC(=O)N1C/C(=C\c2ccc(F)cc2)C(=O)/C(=C/c2ccc(F)cc2)C1. The van der Waals surface area contributed by atoms with Gasteiger partial charge in [0.15, 0.2) is 5.78 Å². The number of ketones is 1. The molecule has 1 fully saturated rings. The molecule has 1 amide bonds. The van der Waals surface area contributed by atoms with Gasteiger partial charge in [0.2, 0.25) is 0 Å². The van der Waals surface area contributed by atoms with E-state index >= 15 is 0 Å². The molecule has 6 heteroatoms. The van der Waals surface area contributed by atoms with E-state index in [-0.39, 0.29) is 30.5 Å². The van der Waals surface area contributed by atoms with Crippen LogP contribution in [-0.4, -0.2) is 35.5 Å². The first-order valence-electron chi connectivity index (χ1n) is 9.56. The van der Waals surface area contributed by atoms with Gasteiger partial charge >= 0.3 is 6.09 Å². The summed E-state index contributed by atoms with van der Waals surface area (Å²) < 4.78 is 31.9. The molecule has 156 valence electrons. The van der Waals surface area contributed by atoms with Gasteiger partial charge in [-0.15, -0.1) is 0 Å². The largest absolute Gasteiger partial charge is 0.444 e. The molecule has 1 heterocycles. The van der Waals surface area contributed by atoms with Gasteiger partial charge in [-0.25, -0.2) is 13.6 Å². The Morgan fingerprint density at radius 2 is 1.27 bits per heavy atom. The minimum atomic E-state index is -0.680. The van der Waals surface area contributed by atoms with Crippen LogP contribution in [0.15, 0.2) is 59.7 Å². The Bertz CT molecular complexity index is 933. The number of amides is 1. The molecule has 1 saturated heterocycles. The lowest BCUT2D eigenvalue weighted by molar-refractivity contribution is -0.113. The summed E-state index contributed by atoms with van der Waals surface area (Å²) in [5.41, 5.74) is 1.37. The zero-order valence-electron chi connectivity index (χ0n) is 17.1. The Morgan fingerprint density at radius 1 is 0.867 bits per heavy atom. The average Bonchev–Trinajstić information content (AvgIpc) is 2.67. The van der Waals surface area contributed by atoms with Crippen molar-refractivity contribution < 1.29 is 23.1 Å². The summed E-state index contributed by atoms with van der Waals surface area (Å²) in [5.74, 6) is -0.970. The third-order valence-electron chi connectivity index (χ3n) is 4.38. The second kappa shape index (κ2) is 8.61. The molecule has 1 aliphatic heterocycles. The highest BCUT2D eigenvalue weighted by atomic mass is 19.1. The third-order valence-corrected chi connectivity index (χ3v) is 4.38. The van der Waals surface area contributed by atoms with Crippen LogP contribution in [0.2, 0.25) is 0 Å². The highest BCUT2D eigenvalue weighted by Crippen LogP contribution is 2.24. The van der Waals surface area contributed by atoms with Gasteiger partial charge in [-0.2, -0.15) is 0 Å². The number of likely N-dealkylation sites (tertiary alicyclic amines) is 1. The lowest BCUT2D eigenvalue weighted by Crippen LogP contribution is -2.44. The molecule has 2 aromatic carbocycles. The number of nitrogens with zero attached hydrogens (tertiary/aromatic N) is 1. The maximum Gasteiger partial charge on any atom is 0.410 e. The molecule has 30 heavy (non-hydrogen) atoms. The van der Waals surface area contributed by atoms with Crippen molar-refractivity contribution in [3.63, 3.8) is 0 Å². The molecule has 0 aliphatic carbocycles. The molecule has 0 radical (unpaired) electrons. The molecule has 0 bridgehead atoms. The van der Waals surface area contributed by atoms with Gasteiger partial charge in [0.25, 0.3) is 0 Å². The summed E-state index contributed by atoms with van der Waals surface area (Å²) in [4.78, 5) is 27.1. The topological polar surface area (TPSA) is 46.6 Å². The van der Waals surface area contributed by atoms with Crippen molar-refractivity contribution >= 4 is 24.0 Å². The molecule has 2 aromatic rings. The van der Waals surface area contributed by atoms with Gasteiger partial charge in [-0.05, 0) is 68.3 Å². The van der Waals surface area contributed by atoms with E-state index in [1.165, 1.54) is 29.2 Å². The van der Waals surface area contributed by atoms with Crippen LogP contribution in [0, 0.1) is 11.6 Å². The van der Waals surface area contributed by atoms with Crippen LogP contribution < -0.4 is 0 Å². The fraction of sp³-hybridized carbons (Fsp3) is 0.250. The zero-order chi connectivity index (χ0) is 21.9. The maximum atomic E-state index is 13.2. The normalized spacial score (nSPS) is 17.5. The molecule has 1 aliphatic rings. The number of piperidine rings is 1. The second-order valence-corrected chi connectivity index (χ2v) is 8.11. The maximum absolute atomic E-state index is 13.2. The van der Waals surface area contributed by atoms with Crippen LogP contribution in [0.25, 0.3) is 12.2 Å². The zero-order valence-corrected chi connectivity index (χ0v) is 17.1. The number of ether oxygens (including phenoxy) is 1. The minimum absolute atomic E-state index is 0.0753. The predicted molar refractivity (Wildman–Crippen MR) is 112 cm³/mol. The van der Waals surface area contributed by atoms with Gasteiger partial charge in [0.1, 0.15) is 17.2 Å². The van der Waals surface area contributed by atoms with Crippen LogP contribution in [0.4, 0.5) is 13.6 Å². The molecule has 0 saturated carbocycles. The first kappa shape index (κ1) is 21.4. The summed E-state index contributed by atoms with van der Waals surface area (Å²) >= 11 is 0. The standard InChI is InChI=1S/C24H23F2NO3/c1-24(2,3)30-23(29)27-14-18(12-16-4-8-20(25)9-5-16)22(28)19(15-27)13-17-6-10-21(26)11-7-17/h4-13H,14-15H2,1-3H3/b18-12+,19-13+. The number of hydrogen-bond acceptors (Lipinski definition) is 3. The van der Waals surface area contributed by atoms with Crippen LogP contribution in [0.5, 0.6) is 0 Å². The van der Waals surface area contributed by atoms with Crippen molar-refractivity contribution in [2.45, 2.75) is 26.4 Å². The summed E-state index contributed by atoms with van der Waals surface area (Å²) in [7, 11) is 0. The highest BCUT2D eigenvalue weighted by Gasteiger charge is 2.31. The molecular weight excluding hydrogens is 388 g/mol. The predicted octanol–water partition coefficient (Wildman–Crippen LogP) is 5.25. The number of Topliss-reactive ketones (excluding diaryl/α,β-unsaturated/α-hetero) is 1. The lowest BCUT2D eigenvalue weighted by atomic mass is 9.94. The number of carbonyl (C=O) groups is 2. The first-order valence-corrected chi connectivity index (χ1v) is 9.56. The number of benzene rings is 2. The summed E-state index contributed by atoms with van der Waals surface area (Å²) in [5, 5.41) is 0. The third kappa shape index (κ3) is 5.63. The van der Waals surface area contributed by atoms with Crippen molar-refractivity contribution in [3.8, 4) is 0 Å². The van der Waals surface area contributed by atoms with E-state index < -0.39 is 11.7 Å². The van der Waals surface area contributed by atoms with Crippen LogP contribution in [0.1, 0.15) is 31.9 Å². The van der Waals surface area contributed by atoms with Gasteiger partial charge in [0.05, 0.1) is 13.1 Å². The van der Waals surface area contributed by atoms with Crippen molar-refractivity contribution in [1.82, 2.24) is 4.90 Å². The van der Waals surface area contributed by atoms with Gasteiger partial charge in [-0.3, -0.25) is 9.69 Å². The second-order valence-electron chi connectivity index (χ2n) is 8.11. The number of carbonyl (C=O) groups excluding carboxylic acids is 2. The quantitative estimate of drug-likeness (QED) is 0.634. The molecule has 0 aromatic heterocycles. The van der Waals surface area contributed by atoms with Crippen molar-refractivity contribution in [2.75, 3.05) is 13.1 Å². The van der Waals surface area contributed by atoms with Crippen LogP contribution in [0.3, 0.4) is 0 Å². The van der Waals surface area contributed by atoms with Crippen LogP contribution in [-0.2, 0) is 9.53 Å². The highest BCUT2D eigenvalue weighted by molar-refractivity contribution is 6.15. The Kier molecular flexibility index (Phi) is 6.15. The van der Waals surface area contributed by atoms with Crippen molar-refractivity contribution in [3.05, 3.63) is 82.4 Å². The van der Waals surface area contributed by atoms with Crippen molar-refractivity contribution in [1.29, 1.82) is 0 Å². The summed E-state index contributed by atoms with van der Waals surface area (Å²) in [6.07, 6.45) is 2.73. The lowest BCUT2D eigenvalue weighted by Gasteiger charge is -2.32. The van der Waals surface area contributed by atoms with E-state index in [1.54, 1.807) is 57.2 Å². The van der Waals surface area contributed by atoms with E-state index in [0.717, 1.165) is 0 Å². The fourth-order valence-corrected chi connectivity index (χ4v) is 3.02. The van der Waals surface area contributed by atoms with Gasteiger partial charge in [-0.1, -0.05) is 24.3 Å². The molecule has 4 nitrogen and oxygen atoms in total. The number of hydrogen-bond donors (Lipinski definition) is 0. The molecule has 0 N–H and O–H groups in total. The summed E-state index contributed by atoms with van der Waals surface area (Å²) in [6, 6.07) is 11.5. The smallest absolute Gasteiger partial charge is 0.410 e. The Morgan fingerprint density at radius 3 is 1.63 bits per heavy atom. The monoisotopic (exact) mass is 411 g/mol.